The van der Waals surface area contributed by atoms with Gasteiger partial charge in [-0.05, 0) is 65.3 Å². The van der Waals surface area contributed by atoms with Gasteiger partial charge in [0.05, 0.1) is 5.56 Å². The van der Waals surface area contributed by atoms with E-state index in [1.807, 2.05) is 6.92 Å². The van der Waals surface area contributed by atoms with Crippen LogP contribution in [0.25, 0.3) is 33.0 Å². The minimum absolute atomic E-state index is 0.0308. The number of fused-ring (bicyclic) bond motifs is 1. The molecule has 0 fully saturated rings. The Morgan fingerprint density at radius 3 is 1.97 bits per heavy atom. The first-order valence-corrected chi connectivity index (χ1v) is 10.2. The topological polar surface area (TPSA) is 0 Å². The second-order valence-electron chi connectivity index (χ2n) is 7.65. The lowest BCUT2D eigenvalue weighted by Gasteiger charge is -2.11. The van der Waals surface area contributed by atoms with E-state index in [0.29, 0.717) is 12.0 Å². The van der Waals surface area contributed by atoms with Crippen molar-refractivity contribution in [3.63, 3.8) is 0 Å². The molecule has 0 amide bonds. The molecule has 4 rings (SSSR count). The summed E-state index contributed by atoms with van der Waals surface area (Å²) in [7, 11) is 0. The Morgan fingerprint density at radius 1 is 0.625 bits per heavy atom. The van der Waals surface area contributed by atoms with Crippen LogP contribution >= 0.6 is 0 Å². The Bertz CT molecular complexity index is 1300. The summed E-state index contributed by atoms with van der Waals surface area (Å²) in [4.78, 5) is 0. The lowest BCUT2D eigenvalue weighted by molar-refractivity contribution is 0.453. The smallest absolute Gasteiger partial charge is 0.195 e. The van der Waals surface area contributed by atoms with Crippen LogP contribution < -0.4 is 0 Å². The van der Waals surface area contributed by atoms with Gasteiger partial charge in [0.25, 0.3) is 0 Å². The summed E-state index contributed by atoms with van der Waals surface area (Å²) in [6.45, 7) is 1.98. The van der Waals surface area contributed by atoms with Gasteiger partial charge in [-0.25, -0.2) is 26.3 Å². The van der Waals surface area contributed by atoms with E-state index >= 15 is 0 Å². The number of unbranched alkanes of at least 4 members (excludes halogenated alkanes) is 1. The van der Waals surface area contributed by atoms with Crippen molar-refractivity contribution in [3.8, 4) is 22.3 Å². The number of halogens is 6. The third kappa shape index (κ3) is 3.97. The van der Waals surface area contributed by atoms with Crippen LogP contribution in [0.3, 0.4) is 0 Å². The molecule has 32 heavy (non-hydrogen) atoms. The van der Waals surface area contributed by atoms with Crippen LogP contribution in [0.4, 0.5) is 26.3 Å². The van der Waals surface area contributed by atoms with Gasteiger partial charge >= 0.3 is 0 Å². The van der Waals surface area contributed by atoms with Crippen molar-refractivity contribution in [2.45, 2.75) is 26.2 Å². The highest BCUT2D eigenvalue weighted by atomic mass is 19.2. The first-order valence-electron chi connectivity index (χ1n) is 10.2. The highest BCUT2D eigenvalue weighted by molar-refractivity contribution is 5.88. The molecule has 0 aromatic heterocycles. The van der Waals surface area contributed by atoms with Crippen LogP contribution in [0.15, 0.2) is 54.6 Å². The average molecular weight is 444 g/mol. The Morgan fingerprint density at radius 2 is 1.31 bits per heavy atom. The molecule has 0 aliphatic carbocycles. The van der Waals surface area contributed by atoms with Crippen molar-refractivity contribution < 1.29 is 26.3 Å². The zero-order chi connectivity index (χ0) is 23.0. The normalized spacial score (nSPS) is 11.3. The minimum Gasteiger partial charge on any atom is -0.206 e. The van der Waals surface area contributed by atoms with Crippen molar-refractivity contribution >= 4 is 10.8 Å². The number of aryl methyl sites for hydroxylation is 1. The van der Waals surface area contributed by atoms with E-state index in [1.165, 1.54) is 42.5 Å². The summed E-state index contributed by atoms with van der Waals surface area (Å²) < 4.78 is 85.0. The van der Waals surface area contributed by atoms with E-state index in [4.69, 9.17) is 0 Å². The van der Waals surface area contributed by atoms with Gasteiger partial charge in [-0.15, -0.1) is 0 Å². The quantitative estimate of drug-likeness (QED) is 0.214. The Labute approximate surface area is 181 Å². The van der Waals surface area contributed by atoms with Crippen molar-refractivity contribution in [1.29, 1.82) is 0 Å². The third-order valence-electron chi connectivity index (χ3n) is 5.46. The largest absolute Gasteiger partial charge is 0.206 e. The van der Waals surface area contributed by atoms with Gasteiger partial charge in [-0.1, -0.05) is 37.6 Å². The number of rotatable bonds is 5. The summed E-state index contributed by atoms with van der Waals surface area (Å²) in [6.07, 6.45) is 2.24. The molecule has 0 heterocycles. The SMILES string of the molecule is CCCCc1cc(F)c(-c2ccc(-c3ccc4c(F)c(F)c(F)cc4c3)c(F)c2)c(F)c1. The predicted octanol–water partition coefficient (Wildman–Crippen LogP) is 8.35. The van der Waals surface area contributed by atoms with Crippen molar-refractivity contribution in [2.24, 2.45) is 0 Å². The minimum atomic E-state index is -1.58. The van der Waals surface area contributed by atoms with Gasteiger partial charge in [0.15, 0.2) is 17.5 Å². The average Bonchev–Trinajstić information content (AvgIpc) is 2.75. The van der Waals surface area contributed by atoms with Crippen LogP contribution in [0.1, 0.15) is 25.3 Å². The lowest BCUT2D eigenvalue weighted by atomic mass is 9.96. The zero-order valence-corrected chi connectivity index (χ0v) is 17.1. The first-order chi connectivity index (χ1) is 15.3. The fourth-order valence-electron chi connectivity index (χ4n) is 3.80. The molecule has 0 nitrogen and oxygen atoms in total. The zero-order valence-electron chi connectivity index (χ0n) is 17.1. The van der Waals surface area contributed by atoms with Crippen LogP contribution in [0.5, 0.6) is 0 Å². The van der Waals surface area contributed by atoms with Crippen LogP contribution in [0, 0.1) is 34.9 Å². The van der Waals surface area contributed by atoms with Gasteiger partial charge in [0.1, 0.15) is 17.5 Å². The van der Waals surface area contributed by atoms with Crippen molar-refractivity contribution in [2.75, 3.05) is 0 Å². The predicted molar refractivity (Wildman–Crippen MR) is 113 cm³/mol. The molecule has 6 heteroatoms. The molecule has 4 aromatic carbocycles. The van der Waals surface area contributed by atoms with Gasteiger partial charge in [-0.3, -0.25) is 0 Å². The summed E-state index contributed by atoms with van der Waals surface area (Å²) in [6, 6.07) is 11.0. The molecule has 0 bridgehead atoms. The first kappa shape index (κ1) is 21.9. The maximum absolute atomic E-state index is 14.9. The van der Waals surface area contributed by atoms with E-state index < -0.39 is 34.9 Å². The number of hydrogen-bond donors (Lipinski definition) is 0. The highest BCUT2D eigenvalue weighted by Crippen LogP contribution is 2.34. The van der Waals surface area contributed by atoms with Crippen molar-refractivity contribution in [3.05, 3.63) is 95.1 Å². The molecule has 0 aliphatic rings. The Kier molecular flexibility index (Phi) is 5.96. The molecule has 0 radical (unpaired) electrons. The van der Waals surface area contributed by atoms with Gasteiger partial charge in [-0.2, -0.15) is 0 Å². The molecule has 0 aliphatic heterocycles. The molecule has 0 atom stereocenters. The summed E-state index contributed by atoms with van der Waals surface area (Å²) in [5.41, 5.74) is 0.593. The van der Waals surface area contributed by atoms with E-state index in [-0.39, 0.29) is 33.0 Å². The third-order valence-corrected chi connectivity index (χ3v) is 5.46. The second kappa shape index (κ2) is 8.69. The molecule has 4 aromatic rings. The standard InChI is InChI=1S/C26H18F6/c1-2-3-4-14-9-21(28)24(22(29)10-14)16-6-7-18(20(27)12-16)15-5-8-19-17(11-15)13-23(30)26(32)25(19)31/h5-13H,2-4H2,1H3. The second-order valence-corrected chi connectivity index (χ2v) is 7.65. The molecular formula is C26H18F6. The maximum atomic E-state index is 14.9. The van der Waals surface area contributed by atoms with E-state index in [1.54, 1.807) is 0 Å². The monoisotopic (exact) mass is 444 g/mol. The maximum Gasteiger partial charge on any atom is 0.195 e. The molecule has 0 saturated carbocycles. The summed E-state index contributed by atoms with van der Waals surface area (Å²) in [5, 5.41) is -0.0842. The van der Waals surface area contributed by atoms with E-state index in [2.05, 4.69) is 0 Å². The van der Waals surface area contributed by atoms with Crippen LogP contribution in [0.2, 0.25) is 0 Å². The molecule has 0 unspecified atom stereocenters. The Hall–Kier alpha value is -3.28. The van der Waals surface area contributed by atoms with E-state index in [0.717, 1.165) is 25.0 Å². The number of benzene rings is 4. The van der Waals surface area contributed by atoms with Gasteiger partial charge in [0, 0.05) is 10.9 Å². The van der Waals surface area contributed by atoms with Gasteiger partial charge in [0.2, 0.25) is 0 Å². The summed E-state index contributed by atoms with van der Waals surface area (Å²) >= 11 is 0. The molecule has 164 valence electrons. The van der Waals surface area contributed by atoms with Crippen LogP contribution in [-0.4, -0.2) is 0 Å². The molecule has 0 N–H and O–H groups in total. The molecule has 0 saturated heterocycles. The van der Waals surface area contributed by atoms with E-state index in [9.17, 15) is 26.3 Å². The fourth-order valence-corrected chi connectivity index (χ4v) is 3.80. The number of hydrogen-bond acceptors (Lipinski definition) is 0. The molecule has 0 spiro atoms. The van der Waals surface area contributed by atoms with Crippen molar-refractivity contribution in [1.82, 2.24) is 0 Å². The highest BCUT2D eigenvalue weighted by Gasteiger charge is 2.17. The fraction of sp³-hybridized carbons (Fsp3) is 0.154. The Balaban J connectivity index is 1.74. The molecular weight excluding hydrogens is 426 g/mol. The summed E-state index contributed by atoms with van der Waals surface area (Å²) in [5.74, 6) is -6.57. The lowest BCUT2D eigenvalue weighted by Crippen LogP contribution is -1.96. The van der Waals surface area contributed by atoms with Crippen LogP contribution in [-0.2, 0) is 6.42 Å². The van der Waals surface area contributed by atoms with Gasteiger partial charge < -0.3 is 0 Å².